The van der Waals surface area contributed by atoms with Crippen LogP contribution in [0.2, 0.25) is 0 Å². The molecular formula is C32H34N4O2. The minimum Gasteiger partial charge on any atom is -0.465 e. The molecule has 6 rings (SSSR count). The Morgan fingerprint density at radius 1 is 0.974 bits per heavy atom. The molecule has 3 heterocycles. The maximum atomic E-state index is 12.0. The van der Waals surface area contributed by atoms with E-state index in [0.29, 0.717) is 12.1 Å². The van der Waals surface area contributed by atoms with Crippen LogP contribution in [0.5, 0.6) is 0 Å². The Labute approximate surface area is 224 Å². The van der Waals surface area contributed by atoms with E-state index in [-0.39, 0.29) is 16.8 Å². The quantitative estimate of drug-likeness (QED) is 0.304. The van der Waals surface area contributed by atoms with Crippen LogP contribution in [-0.2, 0) is 35.0 Å². The zero-order valence-electron chi connectivity index (χ0n) is 22.8. The predicted molar refractivity (Wildman–Crippen MR) is 148 cm³/mol. The van der Waals surface area contributed by atoms with Gasteiger partial charge in [0.2, 0.25) is 0 Å². The van der Waals surface area contributed by atoms with Crippen LogP contribution in [0.25, 0.3) is 22.5 Å². The molecule has 0 saturated heterocycles. The fourth-order valence-electron chi connectivity index (χ4n) is 5.98. The first kappa shape index (κ1) is 24.5. The second-order valence-electron chi connectivity index (χ2n) is 11.9. The fraction of sp³-hybridized carbons (Fsp3) is 0.375. The summed E-state index contributed by atoms with van der Waals surface area (Å²) < 4.78 is 7.21. The molecule has 0 aliphatic heterocycles. The van der Waals surface area contributed by atoms with Crippen LogP contribution in [0.3, 0.4) is 0 Å². The van der Waals surface area contributed by atoms with Crippen molar-refractivity contribution in [1.82, 2.24) is 19.5 Å². The van der Waals surface area contributed by atoms with E-state index in [1.807, 2.05) is 36.5 Å². The Morgan fingerprint density at radius 3 is 2.34 bits per heavy atom. The summed E-state index contributed by atoms with van der Waals surface area (Å²) in [5.41, 5.74) is 10.8. The van der Waals surface area contributed by atoms with Crippen LogP contribution in [0, 0.1) is 0 Å². The van der Waals surface area contributed by atoms with Crippen molar-refractivity contribution in [2.75, 3.05) is 7.11 Å². The molecule has 6 nitrogen and oxygen atoms in total. The normalized spacial score (nSPS) is 16.8. The number of nitrogens with zero attached hydrogens (tertiary/aromatic N) is 4. The van der Waals surface area contributed by atoms with Crippen molar-refractivity contribution >= 4 is 5.97 Å². The van der Waals surface area contributed by atoms with Gasteiger partial charge in [-0.1, -0.05) is 45.9 Å². The van der Waals surface area contributed by atoms with Crippen molar-refractivity contribution in [2.45, 2.75) is 70.8 Å². The van der Waals surface area contributed by atoms with E-state index >= 15 is 0 Å². The zero-order valence-corrected chi connectivity index (χ0v) is 22.8. The summed E-state index contributed by atoms with van der Waals surface area (Å²) in [7, 11) is 1.41. The number of pyridine rings is 1. The van der Waals surface area contributed by atoms with Crippen LogP contribution < -0.4 is 0 Å². The number of esters is 1. The van der Waals surface area contributed by atoms with Crippen LogP contribution in [-0.4, -0.2) is 32.6 Å². The smallest absolute Gasteiger partial charge is 0.337 e. The van der Waals surface area contributed by atoms with E-state index in [1.54, 1.807) is 6.20 Å². The number of aromatic nitrogens is 4. The predicted octanol–water partition coefficient (Wildman–Crippen LogP) is 6.29. The van der Waals surface area contributed by atoms with Gasteiger partial charge in [-0.15, -0.1) is 0 Å². The molecule has 3 aromatic heterocycles. The summed E-state index contributed by atoms with van der Waals surface area (Å²) in [4.78, 5) is 27.1. The summed E-state index contributed by atoms with van der Waals surface area (Å²) in [6, 6.07) is 11.8. The average Bonchev–Trinajstić information content (AvgIpc) is 3.29. The van der Waals surface area contributed by atoms with Gasteiger partial charge >= 0.3 is 5.97 Å². The van der Waals surface area contributed by atoms with E-state index in [0.717, 1.165) is 59.6 Å². The molecule has 2 aliphatic rings. The molecule has 0 spiro atoms. The highest BCUT2D eigenvalue weighted by Gasteiger charge is 2.41. The van der Waals surface area contributed by atoms with E-state index in [1.165, 1.54) is 23.9 Å². The minimum absolute atomic E-state index is 0.0161. The molecule has 1 aromatic carbocycles. The van der Waals surface area contributed by atoms with Gasteiger partial charge in [0.15, 0.2) is 0 Å². The lowest BCUT2D eigenvalue weighted by molar-refractivity contribution is 0.0600. The molecule has 194 valence electrons. The molecule has 0 unspecified atom stereocenters. The first-order valence-corrected chi connectivity index (χ1v) is 13.4. The molecule has 0 bridgehead atoms. The number of ether oxygens (including phenoxy) is 1. The first-order chi connectivity index (χ1) is 18.2. The van der Waals surface area contributed by atoms with Crippen molar-refractivity contribution in [3.05, 3.63) is 88.8 Å². The minimum atomic E-state index is -0.327. The van der Waals surface area contributed by atoms with Gasteiger partial charge in [0.1, 0.15) is 5.69 Å². The standard InChI is InChI=1S/C32H34N4O2/c1-31(2)14-15-32(3,4)29-28(31)34-25-13-12-23-24(21-8-10-22(11-9-21)30(37)38-5)19-36(27(23)26(25)35-29)18-20-7-6-16-33-17-20/h6-11,16-17,19H,12-15,18H2,1-5H3. The molecule has 0 amide bonds. The number of carbonyl (C=O) groups excluding carboxylic acids is 1. The highest BCUT2D eigenvalue weighted by molar-refractivity contribution is 5.90. The molecule has 6 heteroatoms. The average molecular weight is 507 g/mol. The fourth-order valence-corrected chi connectivity index (χ4v) is 5.98. The third kappa shape index (κ3) is 4.03. The lowest BCUT2D eigenvalue weighted by Crippen LogP contribution is -2.37. The third-order valence-electron chi connectivity index (χ3n) is 8.34. The summed E-state index contributed by atoms with van der Waals surface area (Å²) >= 11 is 0. The maximum Gasteiger partial charge on any atom is 0.337 e. The Morgan fingerprint density at radius 2 is 1.68 bits per heavy atom. The molecule has 4 aromatic rings. The Bertz CT molecular complexity index is 1530. The second kappa shape index (κ2) is 8.90. The monoisotopic (exact) mass is 506 g/mol. The highest BCUT2D eigenvalue weighted by atomic mass is 16.5. The van der Waals surface area contributed by atoms with Crippen molar-refractivity contribution < 1.29 is 9.53 Å². The van der Waals surface area contributed by atoms with Crippen LogP contribution in [0.4, 0.5) is 0 Å². The van der Waals surface area contributed by atoms with Crippen molar-refractivity contribution in [3.63, 3.8) is 0 Å². The highest BCUT2D eigenvalue weighted by Crippen LogP contribution is 2.47. The van der Waals surface area contributed by atoms with Crippen LogP contribution in [0.1, 0.15) is 79.1 Å². The summed E-state index contributed by atoms with van der Waals surface area (Å²) in [6.07, 6.45) is 9.94. The number of hydrogen-bond acceptors (Lipinski definition) is 5. The Balaban J connectivity index is 1.54. The first-order valence-electron chi connectivity index (χ1n) is 13.4. The van der Waals surface area contributed by atoms with Gasteiger partial charge in [-0.05, 0) is 60.6 Å². The van der Waals surface area contributed by atoms with Crippen LogP contribution >= 0.6 is 0 Å². The topological polar surface area (TPSA) is 69.9 Å². The van der Waals surface area contributed by atoms with Gasteiger partial charge in [-0.25, -0.2) is 9.78 Å². The third-order valence-corrected chi connectivity index (χ3v) is 8.34. The van der Waals surface area contributed by atoms with Crippen LogP contribution in [0.15, 0.2) is 55.0 Å². The van der Waals surface area contributed by atoms with Gasteiger partial charge in [-0.2, -0.15) is 0 Å². The zero-order chi connectivity index (χ0) is 26.7. The molecule has 0 saturated carbocycles. The van der Waals surface area contributed by atoms with E-state index in [9.17, 15) is 4.79 Å². The largest absolute Gasteiger partial charge is 0.465 e. The molecule has 38 heavy (non-hydrogen) atoms. The molecule has 0 atom stereocenters. The summed E-state index contributed by atoms with van der Waals surface area (Å²) in [6.45, 7) is 9.91. The van der Waals surface area contributed by atoms with E-state index in [4.69, 9.17) is 14.7 Å². The SMILES string of the molecule is COC(=O)c1ccc(-c2cn(Cc3cccnc3)c3c2CCc2nc4c(nc2-3)C(C)(C)CCC4(C)C)cc1. The maximum absolute atomic E-state index is 12.0. The lowest BCUT2D eigenvalue weighted by atomic mass is 9.67. The molecule has 0 radical (unpaired) electrons. The van der Waals surface area contributed by atoms with Gasteiger partial charge in [0, 0.05) is 41.5 Å². The number of fused-ring (bicyclic) bond motifs is 4. The van der Waals surface area contributed by atoms with E-state index in [2.05, 4.69) is 49.5 Å². The van der Waals surface area contributed by atoms with Crippen molar-refractivity contribution in [3.8, 4) is 22.5 Å². The van der Waals surface area contributed by atoms with Crippen molar-refractivity contribution in [1.29, 1.82) is 0 Å². The molecule has 2 aliphatic carbocycles. The Hall–Kier alpha value is -3.80. The van der Waals surface area contributed by atoms with Gasteiger partial charge in [-0.3, -0.25) is 9.97 Å². The number of carbonyl (C=O) groups is 1. The van der Waals surface area contributed by atoms with Gasteiger partial charge in [0.05, 0.1) is 35.4 Å². The number of benzene rings is 1. The number of rotatable bonds is 4. The number of aryl methyl sites for hydroxylation is 1. The van der Waals surface area contributed by atoms with E-state index < -0.39 is 0 Å². The summed E-state index contributed by atoms with van der Waals surface area (Å²) in [5.74, 6) is -0.327. The lowest BCUT2D eigenvalue weighted by Gasteiger charge is -2.40. The van der Waals surface area contributed by atoms with Gasteiger partial charge in [0.25, 0.3) is 0 Å². The van der Waals surface area contributed by atoms with Gasteiger partial charge < -0.3 is 9.30 Å². The molecule has 0 fully saturated rings. The number of methoxy groups -OCH3 is 1. The Kier molecular flexibility index (Phi) is 5.74. The molecule has 0 N–H and O–H groups in total. The second-order valence-corrected chi connectivity index (χ2v) is 11.9. The summed E-state index contributed by atoms with van der Waals surface area (Å²) in [5, 5.41) is 0. The van der Waals surface area contributed by atoms with Crippen molar-refractivity contribution in [2.24, 2.45) is 0 Å². The number of hydrogen-bond donors (Lipinski definition) is 0. The molecular weight excluding hydrogens is 472 g/mol.